The van der Waals surface area contributed by atoms with E-state index in [1.54, 1.807) is 0 Å². The lowest BCUT2D eigenvalue weighted by molar-refractivity contribution is -0.643. The van der Waals surface area contributed by atoms with Crippen LogP contribution in [-0.2, 0) is 23.9 Å². The highest BCUT2D eigenvalue weighted by Gasteiger charge is 2.02. The number of hydrogen-bond acceptors (Lipinski definition) is 8. The van der Waals surface area contributed by atoms with Crippen LogP contribution in [0.5, 0.6) is 0 Å². The van der Waals surface area contributed by atoms with Crippen molar-refractivity contribution in [2.24, 2.45) is 5.22 Å². The summed E-state index contributed by atoms with van der Waals surface area (Å²) in [5.41, 5.74) is 6.28. The molecule has 0 aliphatic carbocycles. The van der Waals surface area contributed by atoms with Crippen LogP contribution < -0.4 is 0 Å². The molecular weight excluding hydrogens is 182 g/mol. The van der Waals surface area contributed by atoms with E-state index in [2.05, 4.69) is 52.5 Å². The Morgan fingerprint density at radius 2 is 2.20 bits per heavy atom. The Hall–Kier alpha value is -0.233. The molecule has 0 amide bonds. The Balaban J connectivity index is 3.29. The van der Waals surface area contributed by atoms with E-state index >= 15 is 0 Å². The van der Waals surface area contributed by atoms with Gasteiger partial charge in [-0.05, 0) is 15.2 Å². The first kappa shape index (κ1) is 9.77. The Kier molecular flexibility index (Phi) is 6.72. The number of nitrogens with one attached hydrogen (secondary N) is 1. The van der Waals surface area contributed by atoms with E-state index in [-0.39, 0.29) is 5.34 Å². The molecule has 8 nitrogen and oxygen atoms in total. The van der Waals surface area contributed by atoms with Crippen molar-refractivity contribution in [2.75, 3.05) is 0 Å². The van der Waals surface area contributed by atoms with Gasteiger partial charge in [0.1, 0.15) is 0 Å². The lowest BCUT2D eigenvalue weighted by atomic mass is 12.5. The molecule has 0 atom stereocenters. The summed E-state index contributed by atoms with van der Waals surface area (Å²) in [4.78, 5) is 7.78. The van der Waals surface area contributed by atoms with Gasteiger partial charge in [-0.1, -0.05) is 5.04 Å². The largest absolute Gasteiger partial charge is 0.307 e. The molecule has 0 aromatic heterocycles. The third-order valence-electron chi connectivity index (χ3n) is 0.307. The number of rotatable bonds is 6. The van der Waals surface area contributed by atoms with Crippen molar-refractivity contribution < 1.29 is 23.9 Å². The first-order valence-corrected chi connectivity index (χ1v) is 2.45. The Bertz CT molecular complexity index is 91.0. The van der Waals surface area contributed by atoms with Gasteiger partial charge in [-0.3, -0.25) is 4.58 Å². The highest BCUT2D eigenvalue weighted by molar-refractivity contribution is 7.74. The molecule has 10 heteroatoms. The summed E-state index contributed by atoms with van der Waals surface area (Å²) < 4.78 is 7.48. The second kappa shape index (κ2) is 6.88. The molecule has 0 rings (SSSR count). The van der Waals surface area contributed by atoms with E-state index in [0.29, 0.717) is 0 Å². The monoisotopic (exact) mass is 184 g/mol. The fourth-order valence-electron chi connectivity index (χ4n) is 0.116. The van der Waals surface area contributed by atoms with Crippen molar-refractivity contribution in [2.45, 2.75) is 0 Å². The molecule has 10 heavy (non-hydrogen) atoms. The Morgan fingerprint density at radius 3 is 2.60 bits per heavy atom. The van der Waals surface area contributed by atoms with Crippen LogP contribution in [0, 0.1) is 5.53 Å². The molecule has 0 unspecified atom stereocenters. The van der Waals surface area contributed by atoms with E-state index in [1.807, 2.05) is 0 Å². The number of nitrogens with zero attached hydrogens (tertiary/aromatic N) is 2. The van der Waals surface area contributed by atoms with Crippen LogP contribution in [0.15, 0.2) is 5.22 Å². The molecular formula is H2N3O5SSi. The minimum atomic E-state index is 0.132. The van der Waals surface area contributed by atoms with Crippen LogP contribution in [0.2, 0.25) is 0 Å². The summed E-state index contributed by atoms with van der Waals surface area (Å²) in [5.74, 6) is 0. The smallest absolute Gasteiger partial charge is 0.257 e. The van der Waals surface area contributed by atoms with Gasteiger partial charge in [-0.15, -0.1) is 4.33 Å². The first-order valence-electron chi connectivity index (χ1n) is 1.68. The van der Waals surface area contributed by atoms with Crippen molar-refractivity contribution in [3.63, 3.8) is 0 Å². The van der Waals surface area contributed by atoms with Crippen LogP contribution in [0.1, 0.15) is 0 Å². The molecule has 0 aliphatic heterocycles. The van der Waals surface area contributed by atoms with Gasteiger partial charge < -0.3 is 0 Å². The standard InChI is InChI=1S/H2N3O5SSi/c1-2-3(5-7-9)4-6-8-10/h1,9H. The van der Waals surface area contributed by atoms with Crippen molar-refractivity contribution >= 4 is 23.4 Å². The van der Waals surface area contributed by atoms with E-state index in [9.17, 15) is 0 Å². The van der Waals surface area contributed by atoms with E-state index in [1.165, 1.54) is 0 Å². The van der Waals surface area contributed by atoms with Gasteiger partial charge in [0.2, 0.25) is 0 Å². The van der Waals surface area contributed by atoms with Crippen LogP contribution >= 0.6 is 12.9 Å². The van der Waals surface area contributed by atoms with Gasteiger partial charge in [0.05, 0.1) is 5.34 Å². The zero-order valence-electron chi connectivity index (χ0n) is 4.38. The predicted molar refractivity (Wildman–Crippen MR) is 27.2 cm³/mol. The van der Waals surface area contributed by atoms with Crippen LogP contribution in [-0.4, -0.2) is 15.8 Å². The summed E-state index contributed by atoms with van der Waals surface area (Å²) in [6.07, 6.45) is 0. The molecule has 0 aromatic rings. The van der Waals surface area contributed by atoms with E-state index < -0.39 is 0 Å². The highest BCUT2D eigenvalue weighted by Crippen LogP contribution is 1.95. The fraction of sp³-hybridized carbons (Fsp3) is 0. The minimum Gasteiger partial charge on any atom is -0.257 e. The van der Waals surface area contributed by atoms with Crippen molar-refractivity contribution in [3.8, 4) is 0 Å². The topological polar surface area (TPSA) is 85.6 Å². The molecule has 0 aromatic carbocycles. The molecule has 0 saturated carbocycles. The van der Waals surface area contributed by atoms with E-state index in [0.717, 1.165) is 0 Å². The van der Waals surface area contributed by atoms with Gasteiger partial charge in [0.25, 0.3) is 0 Å². The third kappa shape index (κ3) is 4.63. The van der Waals surface area contributed by atoms with Crippen molar-refractivity contribution in [3.05, 3.63) is 0 Å². The lowest BCUT2D eigenvalue weighted by Gasteiger charge is -2.06. The maximum absolute atomic E-state index is 6.28. The Labute approximate surface area is 64.3 Å². The first-order chi connectivity index (χ1) is 4.85. The average Bonchev–Trinajstić information content (AvgIpc) is 1.98. The van der Waals surface area contributed by atoms with Crippen molar-refractivity contribution in [1.29, 1.82) is 5.53 Å². The van der Waals surface area contributed by atoms with E-state index in [4.69, 9.17) is 5.53 Å². The summed E-state index contributed by atoms with van der Waals surface area (Å²) in [6.45, 7) is 0. The Morgan fingerprint density at radius 1 is 1.50 bits per heavy atom. The second-order valence-electron chi connectivity index (χ2n) is 0.713. The molecule has 57 valence electrons. The van der Waals surface area contributed by atoms with Gasteiger partial charge >= 0.3 is 10.5 Å². The van der Waals surface area contributed by atoms with Gasteiger partial charge in [0.15, 0.2) is 0 Å². The maximum Gasteiger partial charge on any atom is 0.307 e. The summed E-state index contributed by atoms with van der Waals surface area (Å²) >= 11 is 3.14. The SMILES string of the molecule is N=NN(OOS)OOO[Si]. The zero-order chi connectivity index (χ0) is 7.82. The van der Waals surface area contributed by atoms with Gasteiger partial charge in [0, 0.05) is 12.9 Å². The summed E-state index contributed by atoms with van der Waals surface area (Å²) in [7, 11) is 2.41. The lowest BCUT2D eigenvalue weighted by Crippen LogP contribution is -2.16. The number of hydrogen-bond donors (Lipinski definition) is 2. The minimum absolute atomic E-state index is 0.132. The van der Waals surface area contributed by atoms with Gasteiger partial charge in [-0.2, -0.15) is 5.53 Å². The van der Waals surface area contributed by atoms with Crippen LogP contribution in [0.25, 0.3) is 0 Å². The highest BCUT2D eigenvalue weighted by atomic mass is 32.1. The summed E-state index contributed by atoms with van der Waals surface area (Å²) in [6, 6.07) is 0. The molecule has 0 bridgehead atoms. The molecule has 0 heterocycles. The van der Waals surface area contributed by atoms with Crippen LogP contribution in [0.3, 0.4) is 0 Å². The average molecular weight is 184 g/mol. The number of thiol groups is 1. The molecule has 0 spiro atoms. The normalized spacial score (nSPS) is 9.40. The fourth-order valence-corrected chi connectivity index (χ4v) is 0.203. The second-order valence-corrected chi connectivity index (χ2v) is 1.03. The quantitative estimate of drug-likeness (QED) is 0.149. The zero-order valence-corrected chi connectivity index (χ0v) is 6.28. The maximum atomic E-state index is 6.28. The molecule has 3 radical (unpaired) electrons. The third-order valence-corrected chi connectivity index (χ3v) is 0.442. The van der Waals surface area contributed by atoms with Crippen LogP contribution in [0.4, 0.5) is 0 Å². The molecule has 1 N–H and O–H groups in total. The summed E-state index contributed by atoms with van der Waals surface area (Å²) in [5, 5.41) is 6.41. The molecule has 0 saturated heterocycles. The van der Waals surface area contributed by atoms with Crippen molar-refractivity contribution in [1.82, 2.24) is 5.34 Å². The molecule has 0 aliphatic rings. The predicted octanol–water partition coefficient (Wildman–Crippen LogP) is -0.179. The van der Waals surface area contributed by atoms with Gasteiger partial charge in [-0.25, -0.2) is 0 Å². The molecule has 0 fully saturated rings.